The summed E-state index contributed by atoms with van der Waals surface area (Å²) in [6, 6.07) is 7.54. The number of para-hydroxylation sites is 1. The van der Waals surface area contributed by atoms with Crippen LogP contribution in [-0.2, 0) is 28.6 Å². The van der Waals surface area contributed by atoms with Crippen LogP contribution in [0, 0.1) is 18.3 Å². The SMILES string of the molecule is COC(=O)CNC(=O)[C@H]1C[C@@]2(C1)C(=O)c1c(sc(-c3ncco3)c1C)N(C[C@H](OC1CCOCC1)c1ccccc1OC)C2=O. The van der Waals surface area contributed by atoms with E-state index >= 15 is 0 Å². The number of amides is 2. The molecule has 1 spiro atoms. The molecule has 3 aromatic rings. The number of methoxy groups -OCH3 is 2. The third kappa shape index (κ3) is 5.64. The van der Waals surface area contributed by atoms with E-state index in [1.165, 1.54) is 30.9 Å². The molecule has 1 saturated heterocycles. The largest absolute Gasteiger partial charge is 0.496 e. The number of nitrogens with one attached hydrogen (secondary N) is 1. The van der Waals surface area contributed by atoms with Crippen LogP contribution in [0.1, 0.15) is 53.3 Å². The molecule has 0 unspecified atom stereocenters. The number of fused-ring (bicyclic) bond motifs is 1. The van der Waals surface area contributed by atoms with Crippen LogP contribution in [-0.4, -0.2) is 75.2 Å². The molecule has 1 atom stereocenters. The first-order valence-electron chi connectivity index (χ1n) is 14.9. The minimum atomic E-state index is -1.43. The van der Waals surface area contributed by atoms with Gasteiger partial charge in [-0.2, -0.15) is 0 Å². The van der Waals surface area contributed by atoms with Gasteiger partial charge in [0.05, 0.1) is 43.5 Å². The van der Waals surface area contributed by atoms with Crippen molar-refractivity contribution in [1.29, 1.82) is 0 Å². The number of esters is 1. The Hall–Kier alpha value is -4.07. The molecule has 1 aromatic carbocycles. The summed E-state index contributed by atoms with van der Waals surface area (Å²) < 4.78 is 28.1. The first-order chi connectivity index (χ1) is 21.8. The zero-order valence-electron chi connectivity index (χ0n) is 25.3. The Morgan fingerprint density at radius 1 is 1.18 bits per heavy atom. The maximum atomic E-state index is 14.6. The molecule has 4 heterocycles. The summed E-state index contributed by atoms with van der Waals surface area (Å²) in [6.45, 7) is 2.81. The molecule has 3 aliphatic rings. The second kappa shape index (κ2) is 12.7. The third-order valence-electron chi connectivity index (χ3n) is 8.87. The molecule has 238 valence electrons. The predicted octanol–water partition coefficient (Wildman–Crippen LogP) is 3.87. The first kappa shape index (κ1) is 30.9. The van der Waals surface area contributed by atoms with Crippen molar-refractivity contribution in [1.82, 2.24) is 10.3 Å². The summed E-state index contributed by atoms with van der Waals surface area (Å²) in [4.78, 5) is 59.9. The minimum Gasteiger partial charge on any atom is -0.496 e. The number of carbonyl (C=O) groups is 4. The zero-order chi connectivity index (χ0) is 31.7. The van der Waals surface area contributed by atoms with Crippen molar-refractivity contribution in [3.8, 4) is 16.5 Å². The highest BCUT2D eigenvalue weighted by Crippen LogP contribution is 2.57. The predicted molar refractivity (Wildman–Crippen MR) is 162 cm³/mol. The zero-order valence-corrected chi connectivity index (χ0v) is 26.1. The van der Waals surface area contributed by atoms with E-state index in [0.29, 0.717) is 58.7 Å². The minimum absolute atomic E-state index is 0.0252. The lowest BCUT2D eigenvalue weighted by Crippen LogP contribution is -2.61. The standard InChI is InChI=1S/C32H35N3O9S/c1-18-25-27(37)32(14-19(15-32)28(38)34-16-24(36)41-3)31(39)35(30(25)45-26(18)29-33-10-13-43-29)17-23(44-20-8-11-42-12-9-20)21-6-4-5-7-22(21)40-2/h4-7,10,13,19-20,23H,8-9,11-12,14-17H2,1-3H3,(H,34,38)/t19-,23-,32+/m0/s1. The summed E-state index contributed by atoms with van der Waals surface area (Å²) in [6.07, 6.45) is 3.78. The molecular formula is C32H35N3O9S. The number of oxazole rings is 1. The van der Waals surface area contributed by atoms with Crippen LogP contribution in [0.2, 0.25) is 0 Å². The molecule has 6 rings (SSSR count). The van der Waals surface area contributed by atoms with E-state index in [-0.39, 0.29) is 43.7 Å². The number of nitrogens with zero attached hydrogens (tertiary/aromatic N) is 2. The van der Waals surface area contributed by atoms with Gasteiger partial charge < -0.3 is 28.7 Å². The number of carbonyl (C=O) groups excluding carboxylic acids is 4. The number of anilines is 1. The van der Waals surface area contributed by atoms with Crippen LogP contribution in [0.5, 0.6) is 5.75 Å². The highest BCUT2D eigenvalue weighted by molar-refractivity contribution is 7.20. The van der Waals surface area contributed by atoms with Gasteiger partial charge in [-0.25, -0.2) is 4.98 Å². The van der Waals surface area contributed by atoms with Crippen LogP contribution in [0.3, 0.4) is 0 Å². The fraction of sp³-hybridized carbons (Fsp3) is 0.469. The average Bonchev–Trinajstić information content (AvgIpc) is 3.69. The number of aromatic nitrogens is 1. The van der Waals surface area contributed by atoms with Gasteiger partial charge >= 0.3 is 5.97 Å². The molecule has 0 bridgehead atoms. The lowest BCUT2D eigenvalue weighted by Gasteiger charge is -2.49. The van der Waals surface area contributed by atoms with Gasteiger partial charge in [0, 0.05) is 24.7 Å². The van der Waals surface area contributed by atoms with E-state index in [9.17, 15) is 19.2 Å². The van der Waals surface area contributed by atoms with E-state index in [1.807, 2.05) is 31.2 Å². The van der Waals surface area contributed by atoms with Crippen LogP contribution < -0.4 is 15.0 Å². The fourth-order valence-corrected chi connectivity index (χ4v) is 7.66. The molecule has 2 aromatic heterocycles. The summed E-state index contributed by atoms with van der Waals surface area (Å²) >= 11 is 1.28. The van der Waals surface area contributed by atoms with Gasteiger partial charge in [0.1, 0.15) is 35.1 Å². The molecule has 13 heteroatoms. The second-order valence-electron chi connectivity index (χ2n) is 11.5. The Labute approximate surface area is 264 Å². The van der Waals surface area contributed by atoms with Crippen molar-refractivity contribution in [2.75, 3.05) is 45.4 Å². The molecule has 0 radical (unpaired) electrons. The number of rotatable bonds is 10. The molecule has 1 N–H and O–H groups in total. The van der Waals surface area contributed by atoms with Crippen molar-refractivity contribution in [2.24, 2.45) is 11.3 Å². The normalized spacial score (nSPS) is 22.1. The van der Waals surface area contributed by atoms with Crippen molar-refractivity contribution in [3.63, 3.8) is 0 Å². The quantitative estimate of drug-likeness (QED) is 0.257. The lowest BCUT2D eigenvalue weighted by atomic mass is 9.56. The maximum Gasteiger partial charge on any atom is 0.325 e. The molecule has 45 heavy (non-hydrogen) atoms. The van der Waals surface area contributed by atoms with E-state index in [1.54, 1.807) is 12.0 Å². The summed E-state index contributed by atoms with van der Waals surface area (Å²) in [5.41, 5.74) is 0.439. The highest BCUT2D eigenvalue weighted by atomic mass is 32.1. The number of benzene rings is 1. The lowest BCUT2D eigenvalue weighted by molar-refractivity contribution is -0.145. The van der Waals surface area contributed by atoms with Gasteiger partial charge in [0.2, 0.25) is 17.7 Å². The Morgan fingerprint density at radius 3 is 2.62 bits per heavy atom. The van der Waals surface area contributed by atoms with Gasteiger partial charge in [0.15, 0.2) is 5.78 Å². The number of hydrogen-bond acceptors (Lipinski definition) is 11. The van der Waals surface area contributed by atoms with Crippen LogP contribution in [0.15, 0.2) is 41.1 Å². The molecule has 2 aliphatic heterocycles. The van der Waals surface area contributed by atoms with E-state index in [4.69, 9.17) is 18.6 Å². The number of hydrogen-bond donors (Lipinski definition) is 1. The Bertz CT molecular complexity index is 1590. The molecule has 12 nitrogen and oxygen atoms in total. The van der Waals surface area contributed by atoms with Gasteiger partial charge in [-0.05, 0) is 44.2 Å². The van der Waals surface area contributed by atoms with Crippen molar-refractivity contribution < 1.29 is 42.5 Å². The maximum absolute atomic E-state index is 14.6. The second-order valence-corrected chi connectivity index (χ2v) is 12.5. The number of ketones is 1. The number of Topliss-reactive ketones (excluding diaryl/α,β-unsaturated/α-hetero) is 1. The highest BCUT2D eigenvalue weighted by Gasteiger charge is 2.63. The van der Waals surface area contributed by atoms with E-state index in [0.717, 1.165) is 5.56 Å². The molecule has 1 saturated carbocycles. The van der Waals surface area contributed by atoms with Crippen LogP contribution in [0.25, 0.3) is 10.8 Å². The molecular weight excluding hydrogens is 602 g/mol. The number of ether oxygens (including phenoxy) is 4. The van der Waals surface area contributed by atoms with Crippen molar-refractivity contribution in [2.45, 2.75) is 44.8 Å². The topological polar surface area (TPSA) is 146 Å². The van der Waals surface area contributed by atoms with Gasteiger partial charge in [-0.15, -0.1) is 11.3 Å². The Balaban J connectivity index is 1.38. The average molecular weight is 638 g/mol. The molecule has 2 amide bonds. The van der Waals surface area contributed by atoms with Crippen LogP contribution in [0.4, 0.5) is 5.00 Å². The summed E-state index contributed by atoms with van der Waals surface area (Å²) in [7, 11) is 2.82. The van der Waals surface area contributed by atoms with E-state index < -0.39 is 29.3 Å². The van der Waals surface area contributed by atoms with Gasteiger partial charge in [-0.3, -0.25) is 24.1 Å². The smallest absolute Gasteiger partial charge is 0.325 e. The summed E-state index contributed by atoms with van der Waals surface area (Å²) in [5, 5.41) is 3.05. The molecule has 2 fully saturated rings. The Morgan fingerprint density at radius 2 is 1.93 bits per heavy atom. The number of thiophene rings is 1. The van der Waals surface area contributed by atoms with Crippen molar-refractivity contribution in [3.05, 3.63) is 53.4 Å². The van der Waals surface area contributed by atoms with Crippen LogP contribution >= 0.6 is 11.3 Å². The monoisotopic (exact) mass is 637 g/mol. The van der Waals surface area contributed by atoms with Gasteiger partial charge in [0.25, 0.3) is 0 Å². The fourth-order valence-electron chi connectivity index (χ4n) is 6.41. The van der Waals surface area contributed by atoms with Gasteiger partial charge in [-0.1, -0.05) is 18.2 Å². The molecule has 1 aliphatic carbocycles. The van der Waals surface area contributed by atoms with E-state index in [2.05, 4.69) is 15.0 Å². The Kier molecular flexibility index (Phi) is 8.76. The first-order valence-corrected chi connectivity index (χ1v) is 15.7. The third-order valence-corrected chi connectivity index (χ3v) is 10.2. The summed E-state index contributed by atoms with van der Waals surface area (Å²) in [5.74, 6) is -1.32. The van der Waals surface area contributed by atoms with Crippen molar-refractivity contribution >= 4 is 39.9 Å².